The smallest absolute Gasteiger partial charge is 0.312 e. The highest BCUT2D eigenvalue weighted by molar-refractivity contribution is 6.30. The van der Waals surface area contributed by atoms with E-state index in [4.69, 9.17) is 16.3 Å². The van der Waals surface area contributed by atoms with Gasteiger partial charge in [0.1, 0.15) is 5.82 Å². The highest BCUT2D eigenvalue weighted by Crippen LogP contribution is 2.27. The molecule has 3 rings (SSSR count). The van der Waals surface area contributed by atoms with Crippen LogP contribution in [0.15, 0.2) is 53.3 Å². The molecule has 1 saturated heterocycles. The molecule has 2 aromatic carbocycles. The van der Waals surface area contributed by atoms with Crippen LogP contribution in [0.3, 0.4) is 0 Å². The first-order valence-electron chi connectivity index (χ1n) is 10.4. The van der Waals surface area contributed by atoms with Crippen molar-refractivity contribution in [1.82, 2.24) is 4.90 Å². The number of rotatable bonds is 9. The van der Waals surface area contributed by atoms with Crippen LogP contribution >= 0.6 is 11.6 Å². The zero-order valence-electron chi connectivity index (χ0n) is 18.6. The van der Waals surface area contributed by atoms with Crippen molar-refractivity contribution in [1.29, 1.82) is 0 Å². The monoisotopic (exact) mass is 472 g/mol. The Morgan fingerprint density at radius 3 is 2.79 bits per heavy atom. The molecule has 33 heavy (non-hydrogen) atoms. The third-order valence-corrected chi connectivity index (χ3v) is 5.61. The minimum absolute atomic E-state index is 0.00754. The van der Waals surface area contributed by atoms with Crippen molar-refractivity contribution in [3.63, 3.8) is 0 Å². The summed E-state index contributed by atoms with van der Waals surface area (Å²) in [6, 6.07) is 10.3. The van der Waals surface area contributed by atoms with Gasteiger partial charge in [-0.1, -0.05) is 23.7 Å². The summed E-state index contributed by atoms with van der Waals surface area (Å²) in [7, 11) is 1.37. The maximum atomic E-state index is 13.6. The minimum Gasteiger partial charge on any atom is -0.490 e. The van der Waals surface area contributed by atoms with Crippen molar-refractivity contribution >= 4 is 41.5 Å². The van der Waals surface area contributed by atoms with Crippen molar-refractivity contribution in [3.8, 4) is 0 Å². The van der Waals surface area contributed by atoms with E-state index in [0.29, 0.717) is 19.5 Å². The highest BCUT2D eigenvalue weighted by atomic mass is 35.5. The molecule has 0 bridgehead atoms. The second kappa shape index (κ2) is 11.0. The molecule has 0 unspecified atom stereocenters. The van der Waals surface area contributed by atoms with E-state index in [1.165, 1.54) is 25.4 Å². The average Bonchev–Trinajstić information content (AvgIpc) is 3.24. The number of aryl methyl sites for hydroxylation is 1. The average molecular weight is 473 g/mol. The number of halogens is 2. The maximum Gasteiger partial charge on any atom is 0.312 e. The summed E-state index contributed by atoms with van der Waals surface area (Å²) in [4.78, 5) is 31.1. The first-order chi connectivity index (χ1) is 15.8. The minimum atomic E-state index is -0.606. The summed E-state index contributed by atoms with van der Waals surface area (Å²) in [6.07, 6.45) is 2.92. The molecule has 2 aromatic rings. The standard InChI is InChI=1S/C24H26ClFN4O3/c1-16-6-8-18(30-10-4-5-23(30)31)12-21(16)28-15-29(14-22(33-3)24(32)27-2)13-17-7-9-20(26)19(25)11-17/h6-9,11-12,14,28H,2,4-5,10,13,15H2,1,3H3/b22-14+. The number of benzene rings is 2. The van der Waals surface area contributed by atoms with Crippen LogP contribution in [0.5, 0.6) is 0 Å². The van der Waals surface area contributed by atoms with Gasteiger partial charge in [0.25, 0.3) is 0 Å². The number of carbonyl (C=O) groups excluding carboxylic acids is 2. The molecular weight excluding hydrogens is 447 g/mol. The molecule has 174 valence electrons. The van der Waals surface area contributed by atoms with Gasteiger partial charge in [0.15, 0.2) is 0 Å². The van der Waals surface area contributed by atoms with Gasteiger partial charge >= 0.3 is 5.91 Å². The van der Waals surface area contributed by atoms with E-state index in [0.717, 1.165) is 28.9 Å². The lowest BCUT2D eigenvalue weighted by Crippen LogP contribution is -2.26. The normalized spacial score (nSPS) is 13.8. The second-order valence-corrected chi connectivity index (χ2v) is 8.05. The summed E-state index contributed by atoms with van der Waals surface area (Å²) in [5, 5.41) is 3.36. The first-order valence-corrected chi connectivity index (χ1v) is 10.8. The van der Waals surface area contributed by atoms with E-state index in [-0.39, 0.29) is 23.4 Å². The zero-order valence-corrected chi connectivity index (χ0v) is 19.4. The van der Waals surface area contributed by atoms with Crippen molar-refractivity contribution in [3.05, 3.63) is 70.3 Å². The Kier molecular flexibility index (Phi) is 8.06. The lowest BCUT2D eigenvalue weighted by atomic mass is 10.1. The number of nitrogens with zero attached hydrogens (tertiary/aromatic N) is 3. The molecule has 0 aliphatic carbocycles. The Labute approximate surface area is 197 Å². The third-order valence-electron chi connectivity index (χ3n) is 5.32. The predicted molar refractivity (Wildman–Crippen MR) is 128 cm³/mol. The molecule has 0 aromatic heterocycles. The van der Waals surface area contributed by atoms with E-state index < -0.39 is 11.7 Å². The van der Waals surface area contributed by atoms with E-state index in [9.17, 15) is 14.0 Å². The van der Waals surface area contributed by atoms with Crippen LogP contribution in [0.2, 0.25) is 5.02 Å². The molecule has 1 aliphatic rings. The third kappa shape index (κ3) is 6.10. The Morgan fingerprint density at radius 2 is 2.15 bits per heavy atom. The topological polar surface area (TPSA) is 74.2 Å². The predicted octanol–water partition coefficient (Wildman–Crippen LogP) is 4.50. The first kappa shape index (κ1) is 24.3. The molecular formula is C24H26ClFN4O3. The summed E-state index contributed by atoms with van der Waals surface area (Å²) in [5.41, 5.74) is 3.41. The van der Waals surface area contributed by atoms with Gasteiger partial charge in [-0.15, -0.1) is 0 Å². The van der Waals surface area contributed by atoms with Gasteiger partial charge in [0, 0.05) is 37.1 Å². The number of methoxy groups -OCH3 is 1. The number of nitrogens with one attached hydrogen (secondary N) is 1. The summed E-state index contributed by atoms with van der Waals surface area (Å²) in [5.74, 6) is -0.991. The number of anilines is 2. The van der Waals surface area contributed by atoms with E-state index in [2.05, 4.69) is 17.0 Å². The van der Waals surface area contributed by atoms with Crippen LogP contribution in [-0.2, 0) is 20.9 Å². The van der Waals surface area contributed by atoms with Gasteiger partial charge in [-0.3, -0.25) is 9.59 Å². The van der Waals surface area contributed by atoms with Gasteiger partial charge in [-0.05, 0) is 55.5 Å². The number of hydrogen-bond acceptors (Lipinski definition) is 5. The Balaban J connectivity index is 1.84. The van der Waals surface area contributed by atoms with Gasteiger partial charge in [-0.2, -0.15) is 0 Å². The Bertz CT molecular complexity index is 1090. The number of carbonyl (C=O) groups is 2. The summed E-state index contributed by atoms with van der Waals surface area (Å²) >= 11 is 5.93. The molecule has 0 spiro atoms. The molecule has 7 nitrogen and oxygen atoms in total. The number of hydrogen-bond donors (Lipinski definition) is 1. The Morgan fingerprint density at radius 1 is 1.36 bits per heavy atom. The molecule has 2 amide bonds. The lowest BCUT2D eigenvalue weighted by Gasteiger charge is -2.24. The highest BCUT2D eigenvalue weighted by Gasteiger charge is 2.22. The van der Waals surface area contributed by atoms with Crippen molar-refractivity contribution in [2.24, 2.45) is 4.99 Å². The van der Waals surface area contributed by atoms with Crippen LogP contribution in [0, 0.1) is 12.7 Å². The summed E-state index contributed by atoms with van der Waals surface area (Å²) in [6.45, 7) is 6.52. The van der Waals surface area contributed by atoms with Crippen molar-refractivity contribution in [2.75, 3.05) is 30.5 Å². The molecule has 1 aliphatic heterocycles. The SMILES string of the molecule is C=NC(=O)/C(=C\N(CNc1cc(N2CCCC2=O)ccc1C)Cc1ccc(F)c(Cl)c1)OC. The molecule has 1 heterocycles. The van der Waals surface area contributed by atoms with Crippen LogP contribution in [0.4, 0.5) is 15.8 Å². The molecule has 1 N–H and O–H groups in total. The van der Waals surface area contributed by atoms with E-state index in [1.807, 2.05) is 25.1 Å². The zero-order chi connectivity index (χ0) is 24.0. The largest absolute Gasteiger partial charge is 0.490 e. The molecule has 0 saturated carbocycles. The fraction of sp³-hybridized carbons (Fsp3) is 0.292. The quantitative estimate of drug-likeness (QED) is 0.252. The Hall–Kier alpha value is -3.39. The molecule has 9 heteroatoms. The van der Waals surface area contributed by atoms with Crippen molar-refractivity contribution < 1.29 is 18.7 Å². The number of ether oxygens (including phenoxy) is 1. The maximum absolute atomic E-state index is 13.6. The molecule has 0 radical (unpaired) electrons. The van der Waals surface area contributed by atoms with Gasteiger partial charge in [0.05, 0.1) is 18.8 Å². The van der Waals surface area contributed by atoms with E-state index >= 15 is 0 Å². The second-order valence-electron chi connectivity index (χ2n) is 7.64. The number of aliphatic imine (C=N–C) groups is 1. The molecule has 0 atom stereocenters. The molecule has 1 fully saturated rings. The van der Waals surface area contributed by atoms with Crippen LogP contribution in [0.1, 0.15) is 24.0 Å². The fourth-order valence-electron chi connectivity index (χ4n) is 3.53. The van der Waals surface area contributed by atoms with Crippen LogP contribution < -0.4 is 10.2 Å². The fourth-order valence-corrected chi connectivity index (χ4v) is 3.74. The lowest BCUT2D eigenvalue weighted by molar-refractivity contribution is -0.117. The summed E-state index contributed by atoms with van der Waals surface area (Å²) < 4.78 is 18.7. The van der Waals surface area contributed by atoms with Gasteiger partial charge in [0.2, 0.25) is 11.7 Å². The van der Waals surface area contributed by atoms with Gasteiger partial charge in [-0.25, -0.2) is 9.38 Å². The van der Waals surface area contributed by atoms with Crippen LogP contribution in [0.25, 0.3) is 0 Å². The van der Waals surface area contributed by atoms with Gasteiger partial charge < -0.3 is 19.9 Å². The number of amides is 2. The van der Waals surface area contributed by atoms with Crippen LogP contribution in [-0.4, -0.2) is 43.8 Å². The van der Waals surface area contributed by atoms with E-state index in [1.54, 1.807) is 15.9 Å². The van der Waals surface area contributed by atoms with Crippen molar-refractivity contribution in [2.45, 2.75) is 26.3 Å².